The first-order chi connectivity index (χ1) is 12.6. The summed E-state index contributed by atoms with van der Waals surface area (Å²) in [5.41, 5.74) is 2.79. The number of imide groups is 1. The van der Waals surface area contributed by atoms with Crippen molar-refractivity contribution in [1.29, 1.82) is 0 Å². The SMILES string of the molecule is Cc1ccc(NCN2C(=O)SC(=Cc3ccc4c(c3)OCO4)C2=O)cc1. The number of anilines is 1. The minimum Gasteiger partial charge on any atom is -0.454 e. The zero-order valence-electron chi connectivity index (χ0n) is 14.0. The number of nitrogens with one attached hydrogen (secondary N) is 1. The van der Waals surface area contributed by atoms with Gasteiger partial charge in [-0.3, -0.25) is 14.5 Å². The summed E-state index contributed by atoms with van der Waals surface area (Å²) in [7, 11) is 0. The molecule has 0 saturated carbocycles. The smallest absolute Gasteiger partial charge is 0.295 e. The van der Waals surface area contributed by atoms with Crippen molar-refractivity contribution in [3.05, 3.63) is 58.5 Å². The molecule has 0 radical (unpaired) electrons. The highest BCUT2D eigenvalue weighted by molar-refractivity contribution is 8.18. The van der Waals surface area contributed by atoms with Crippen molar-refractivity contribution in [3.63, 3.8) is 0 Å². The lowest BCUT2D eigenvalue weighted by molar-refractivity contribution is -0.122. The predicted octanol–water partition coefficient (Wildman–Crippen LogP) is 3.83. The molecule has 0 aromatic heterocycles. The molecule has 2 aliphatic heterocycles. The molecule has 7 heteroatoms. The third-order valence-corrected chi connectivity index (χ3v) is 4.97. The second kappa shape index (κ2) is 6.76. The van der Waals surface area contributed by atoms with Crippen LogP contribution in [0.3, 0.4) is 0 Å². The number of hydrogen-bond acceptors (Lipinski definition) is 6. The number of amides is 2. The maximum absolute atomic E-state index is 12.5. The summed E-state index contributed by atoms with van der Waals surface area (Å²) in [5.74, 6) is 1.01. The molecule has 1 saturated heterocycles. The van der Waals surface area contributed by atoms with E-state index in [0.29, 0.717) is 16.4 Å². The fourth-order valence-corrected chi connectivity index (χ4v) is 3.47. The fourth-order valence-electron chi connectivity index (χ4n) is 2.63. The number of thioether (sulfide) groups is 1. The number of carbonyl (C=O) groups is 2. The van der Waals surface area contributed by atoms with Gasteiger partial charge >= 0.3 is 0 Å². The van der Waals surface area contributed by atoms with E-state index in [4.69, 9.17) is 9.47 Å². The van der Waals surface area contributed by atoms with E-state index in [1.165, 1.54) is 4.90 Å². The van der Waals surface area contributed by atoms with Crippen molar-refractivity contribution in [2.75, 3.05) is 18.8 Å². The highest BCUT2D eigenvalue weighted by atomic mass is 32.2. The third-order valence-electron chi connectivity index (χ3n) is 4.06. The lowest BCUT2D eigenvalue weighted by Gasteiger charge is -2.14. The molecule has 6 nitrogen and oxygen atoms in total. The van der Waals surface area contributed by atoms with E-state index in [2.05, 4.69) is 5.32 Å². The van der Waals surface area contributed by atoms with Gasteiger partial charge < -0.3 is 14.8 Å². The number of benzene rings is 2. The molecule has 2 heterocycles. The second-order valence-corrected chi connectivity index (χ2v) is 6.92. The van der Waals surface area contributed by atoms with Crippen molar-refractivity contribution in [2.24, 2.45) is 0 Å². The van der Waals surface area contributed by atoms with Gasteiger partial charge in [0.25, 0.3) is 11.1 Å². The molecular formula is C19H16N2O4S. The normalized spacial score (nSPS) is 17.3. The highest BCUT2D eigenvalue weighted by Crippen LogP contribution is 2.36. The lowest BCUT2D eigenvalue weighted by Crippen LogP contribution is -2.33. The number of fused-ring (bicyclic) bond motifs is 1. The van der Waals surface area contributed by atoms with Crippen LogP contribution in [0, 0.1) is 6.92 Å². The average molecular weight is 368 g/mol. The van der Waals surface area contributed by atoms with E-state index >= 15 is 0 Å². The van der Waals surface area contributed by atoms with E-state index in [1.807, 2.05) is 37.3 Å². The largest absolute Gasteiger partial charge is 0.454 e. The summed E-state index contributed by atoms with van der Waals surface area (Å²) in [5, 5.41) is 2.81. The molecule has 4 rings (SSSR count). The Morgan fingerprint density at radius 3 is 2.69 bits per heavy atom. The zero-order chi connectivity index (χ0) is 18.1. The Hall–Kier alpha value is -2.93. The first-order valence-electron chi connectivity index (χ1n) is 8.06. The quantitative estimate of drug-likeness (QED) is 0.828. The monoisotopic (exact) mass is 368 g/mol. The van der Waals surface area contributed by atoms with Crippen molar-refractivity contribution in [2.45, 2.75) is 6.92 Å². The minimum absolute atomic E-state index is 0.131. The Labute approximate surface area is 154 Å². The Bertz CT molecular complexity index is 908. The van der Waals surface area contributed by atoms with Crippen LogP contribution in [0.4, 0.5) is 10.5 Å². The van der Waals surface area contributed by atoms with Crippen LogP contribution in [0.5, 0.6) is 11.5 Å². The van der Waals surface area contributed by atoms with Crippen LogP contribution in [0.25, 0.3) is 6.08 Å². The van der Waals surface area contributed by atoms with Gasteiger partial charge in [0.15, 0.2) is 11.5 Å². The highest BCUT2D eigenvalue weighted by Gasteiger charge is 2.34. The van der Waals surface area contributed by atoms with Crippen molar-refractivity contribution in [3.8, 4) is 11.5 Å². The van der Waals surface area contributed by atoms with Crippen LogP contribution in [0.1, 0.15) is 11.1 Å². The van der Waals surface area contributed by atoms with Gasteiger partial charge in [0, 0.05) is 5.69 Å². The first kappa shape index (κ1) is 16.5. The Kier molecular flexibility index (Phi) is 4.30. The van der Waals surface area contributed by atoms with Crippen LogP contribution in [0.2, 0.25) is 0 Å². The number of aryl methyl sites for hydroxylation is 1. The van der Waals surface area contributed by atoms with Gasteiger partial charge in [-0.15, -0.1) is 0 Å². The summed E-state index contributed by atoms with van der Waals surface area (Å²) in [6.45, 7) is 2.33. The summed E-state index contributed by atoms with van der Waals surface area (Å²) in [6, 6.07) is 13.2. The van der Waals surface area contributed by atoms with E-state index in [1.54, 1.807) is 18.2 Å². The van der Waals surface area contributed by atoms with Gasteiger partial charge in [-0.25, -0.2) is 0 Å². The fraction of sp³-hybridized carbons (Fsp3) is 0.158. The average Bonchev–Trinajstić information content (AvgIpc) is 3.20. The number of ether oxygens (including phenoxy) is 2. The first-order valence-corrected chi connectivity index (χ1v) is 8.87. The van der Waals surface area contributed by atoms with Crippen molar-refractivity contribution in [1.82, 2.24) is 4.90 Å². The lowest BCUT2D eigenvalue weighted by atomic mass is 10.2. The molecule has 1 N–H and O–H groups in total. The van der Waals surface area contributed by atoms with Crippen molar-refractivity contribution >= 4 is 34.7 Å². The predicted molar refractivity (Wildman–Crippen MR) is 100 cm³/mol. The van der Waals surface area contributed by atoms with E-state index in [9.17, 15) is 9.59 Å². The molecule has 2 aromatic carbocycles. The molecule has 132 valence electrons. The standard InChI is InChI=1S/C19H16N2O4S/c1-12-2-5-14(6-3-12)20-10-21-18(22)17(26-19(21)23)9-13-4-7-15-16(8-13)25-11-24-15/h2-9,20H,10-11H2,1H3. The molecule has 2 aromatic rings. The summed E-state index contributed by atoms with van der Waals surface area (Å²) < 4.78 is 10.6. The molecule has 0 aliphatic carbocycles. The molecule has 0 unspecified atom stereocenters. The Morgan fingerprint density at radius 1 is 1.12 bits per heavy atom. The van der Waals surface area contributed by atoms with E-state index < -0.39 is 0 Å². The van der Waals surface area contributed by atoms with Gasteiger partial charge in [0.1, 0.15) is 0 Å². The summed E-state index contributed by atoms with van der Waals surface area (Å²) in [4.78, 5) is 26.3. The van der Waals surface area contributed by atoms with Crippen LogP contribution < -0.4 is 14.8 Å². The molecule has 2 amide bonds. The molecule has 0 spiro atoms. The number of carbonyl (C=O) groups excluding carboxylic acids is 2. The summed E-state index contributed by atoms with van der Waals surface area (Å²) >= 11 is 0.934. The van der Waals surface area contributed by atoms with Crippen LogP contribution >= 0.6 is 11.8 Å². The molecular weight excluding hydrogens is 352 g/mol. The maximum Gasteiger partial charge on any atom is 0.295 e. The van der Waals surface area contributed by atoms with Gasteiger partial charge in [-0.2, -0.15) is 0 Å². The van der Waals surface area contributed by atoms with Gasteiger partial charge in [-0.05, 0) is 54.6 Å². The van der Waals surface area contributed by atoms with Crippen LogP contribution in [0.15, 0.2) is 47.4 Å². The zero-order valence-corrected chi connectivity index (χ0v) is 14.8. The molecule has 2 aliphatic rings. The van der Waals surface area contributed by atoms with E-state index in [0.717, 1.165) is 28.6 Å². The maximum atomic E-state index is 12.5. The molecule has 1 fully saturated rings. The molecule has 26 heavy (non-hydrogen) atoms. The summed E-state index contributed by atoms with van der Waals surface area (Å²) in [6.07, 6.45) is 1.69. The number of hydrogen-bond donors (Lipinski definition) is 1. The Morgan fingerprint density at radius 2 is 1.88 bits per heavy atom. The van der Waals surface area contributed by atoms with Crippen molar-refractivity contribution < 1.29 is 19.1 Å². The van der Waals surface area contributed by atoms with Crippen LogP contribution in [-0.4, -0.2) is 29.5 Å². The Balaban J connectivity index is 1.47. The minimum atomic E-state index is -0.308. The molecule has 0 bridgehead atoms. The molecule has 0 atom stereocenters. The third kappa shape index (κ3) is 3.25. The number of nitrogens with zero attached hydrogens (tertiary/aromatic N) is 1. The second-order valence-electron chi connectivity index (χ2n) is 5.92. The van der Waals surface area contributed by atoms with E-state index in [-0.39, 0.29) is 24.6 Å². The topological polar surface area (TPSA) is 67.9 Å². The van der Waals surface area contributed by atoms with Gasteiger partial charge in [-0.1, -0.05) is 23.8 Å². The number of rotatable bonds is 4. The van der Waals surface area contributed by atoms with Gasteiger partial charge in [0.05, 0.1) is 11.6 Å². The van der Waals surface area contributed by atoms with Crippen LogP contribution in [-0.2, 0) is 4.79 Å². The van der Waals surface area contributed by atoms with Gasteiger partial charge in [0.2, 0.25) is 6.79 Å².